The summed E-state index contributed by atoms with van der Waals surface area (Å²) in [4.78, 5) is 4.08. The van der Waals surface area contributed by atoms with Crippen LogP contribution in [-0.4, -0.2) is 4.98 Å². The number of nitrogens with zero attached hydrogens (tertiary/aromatic N) is 1. The Morgan fingerprint density at radius 3 is 2.92 bits per heavy atom. The van der Waals surface area contributed by atoms with Crippen molar-refractivity contribution in [3.05, 3.63) is 24.0 Å². The van der Waals surface area contributed by atoms with Gasteiger partial charge in [-0.1, -0.05) is 19.3 Å². The van der Waals surface area contributed by atoms with E-state index in [0.717, 1.165) is 18.0 Å². The molecule has 0 atom stereocenters. The summed E-state index contributed by atoms with van der Waals surface area (Å²) in [7, 11) is 0. The first kappa shape index (κ1) is 7.59. The average Bonchev–Trinajstić information content (AvgIpc) is 2.00. The molecule has 64 valence electrons. The Bertz CT molecular complexity index is 266. The Kier molecular flexibility index (Phi) is 1.98. The summed E-state index contributed by atoms with van der Waals surface area (Å²) in [6.07, 6.45) is 8.90. The number of aromatic nitrogens is 1. The Morgan fingerprint density at radius 1 is 1.50 bits per heavy atom. The van der Waals surface area contributed by atoms with Gasteiger partial charge in [-0.25, -0.2) is 0 Å². The van der Waals surface area contributed by atoms with Crippen LogP contribution in [-0.2, 0) is 6.42 Å². The molecule has 0 aromatic carbocycles. The Morgan fingerprint density at radius 2 is 2.33 bits per heavy atom. The minimum Gasteiger partial charge on any atom is -0.398 e. The summed E-state index contributed by atoms with van der Waals surface area (Å²) >= 11 is 0. The lowest BCUT2D eigenvalue weighted by molar-refractivity contribution is 0.314. The van der Waals surface area contributed by atoms with E-state index in [1.807, 2.05) is 12.3 Å². The average molecular weight is 162 g/mol. The fraction of sp³-hybridized carbons (Fsp3) is 0.500. The van der Waals surface area contributed by atoms with Gasteiger partial charge in [0.2, 0.25) is 0 Å². The van der Waals surface area contributed by atoms with Crippen LogP contribution in [0.2, 0.25) is 0 Å². The van der Waals surface area contributed by atoms with Gasteiger partial charge in [-0.15, -0.1) is 0 Å². The molecule has 2 N–H and O–H groups in total. The summed E-state index contributed by atoms with van der Waals surface area (Å²) in [5.41, 5.74) is 7.93. The molecule has 0 spiro atoms. The molecule has 0 amide bonds. The van der Waals surface area contributed by atoms with Crippen molar-refractivity contribution < 1.29 is 0 Å². The third-order valence-corrected chi connectivity index (χ3v) is 2.67. The van der Waals surface area contributed by atoms with Gasteiger partial charge < -0.3 is 5.73 Å². The number of hydrogen-bond donors (Lipinski definition) is 1. The molecule has 2 heteroatoms. The zero-order valence-corrected chi connectivity index (χ0v) is 7.16. The standard InChI is InChI=1S/C10H14N2/c11-10-4-5-12-7-9(10)6-8-2-1-3-8/h4-5,7-8H,1-3,6H2,(H2,11,12). The third-order valence-electron chi connectivity index (χ3n) is 2.67. The molecule has 1 aliphatic rings. The predicted octanol–water partition coefficient (Wildman–Crippen LogP) is 2.01. The molecule has 1 fully saturated rings. The van der Waals surface area contributed by atoms with E-state index in [1.54, 1.807) is 6.20 Å². The number of rotatable bonds is 2. The van der Waals surface area contributed by atoms with Crippen molar-refractivity contribution in [1.82, 2.24) is 4.98 Å². The monoisotopic (exact) mass is 162 g/mol. The summed E-state index contributed by atoms with van der Waals surface area (Å²) < 4.78 is 0. The number of pyridine rings is 1. The lowest BCUT2D eigenvalue weighted by Crippen LogP contribution is -2.14. The van der Waals surface area contributed by atoms with E-state index in [0.29, 0.717) is 0 Å². The van der Waals surface area contributed by atoms with Crippen LogP contribution in [0.3, 0.4) is 0 Å². The van der Waals surface area contributed by atoms with Crippen molar-refractivity contribution in [3.8, 4) is 0 Å². The van der Waals surface area contributed by atoms with E-state index in [1.165, 1.54) is 24.8 Å². The highest BCUT2D eigenvalue weighted by molar-refractivity contribution is 5.44. The highest BCUT2D eigenvalue weighted by Crippen LogP contribution is 2.30. The molecule has 2 nitrogen and oxygen atoms in total. The quantitative estimate of drug-likeness (QED) is 0.722. The van der Waals surface area contributed by atoms with Crippen LogP contribution in [0.15, 0.2) is 18.5 Å². The number of nitrogens with two attached hydrogens (primary N) is 1. The molecule has 1 aliphatic carbocycles. The molecule has 1 aromatic heterocycles. The van der Waals surface area contributed by atoms with Crippen molar-refractivity contribution in [1.29, 1.82) is 0 Å². The number of anilines is 1. The fourth-order valence-corrected chi connectivity index (χ4v) is 1.62. The van der Waals surface area contributed by atoms with Crippen LogP contribution >= 0.6 is 0 Å². The van der Waals surface area contributed by atoms with E-state index in [4.69, 9.17) is 5.73 Å². The summed E-state index contributed by atoms with van der Waals surface area (Å²) in [5.74, 6) is 0.872. The summed E-state index contributed by atoms with van der Waals surface area (Å²) in [6, 6.07) is 1.88. The molecule has 1 aromatic rings. The first-order chi connectivity index (χ1) is 5.86. The van der Waals surface area contributed by atoms with Crippen molar-refractivity contribution in [3.63, 3.8) is 0 Å². The summed E-state index contributed by atoms with van der Waals surface area (Å²) in [6.45, 7) is 0. The van der Waals surface area contributed by atoms with Gasteiger partial charge in [0, 0.05) is 18.1 Å². The van der Waals surface area contributed by atoms with Gasteiger partial charge in [0.25, 0.3) is 0 Å². The second kappa shape index (κ2) is 3.13. The molecule has 0 radical (unpaired) electrons. The second-order valence-electron chi connectivity index (χ2n) is 3.58. The van der Waals surface area contributed by atoms with Gasteiger partial charge >= 0.3 is 0 Å². The lowest BCUT2D eigenvalue weighted by Gasteiger charge is -2.25. The zero-order valence-electron chi connectivity index (χ0n) is 7.16. The van der Waals surface area contributed by atoms with Crippen LogP contribution in [0, 0.1) is 5.92 Å². The van der Waals surface area contributed by atoms with Gasteiger partial charge in [0.05, 0.1) is 0 Å². The van der Waals surface area contributed by atoms with Crippen LogP contribution in [0.5, 0.6) is 0 Å². The highest BCUT2D eigenvalue weighted by Gasteiger charge is 2.18. The third kappa shape index (κ3) is 1.42. The predicted molar refractivity (Wildman–Crippen MR) is 49.7 cm³/mol. The molecule has 1 saturated carbocycles. The van der Waals surface area contributed by atoms with Crippen LogP contribution < -0.4 is 5.73 Å². The molecule has 12 heavy (non-hydrogen) atoms. The van der Waals surface area contributed by atoms with Gasteiger partial charge in [-0.3, -0.25) is 4.98 Å². The molecule has 0 bridgehead atoms. The molecule has 0 saturated heterocycles. The summed E-state index contributed by atoms with van der Waals surface area (Å²) in [5, 5.41) is 0. The van der Waals surface area contributed by atoms with Crippen molar-refractivity contribution in [2.45, 2.75) is 25.7 Å². The maximum absolute atomic E-state index is 5.81. The Labute approximate surface area is 72.8 Å². The molecule has 0 aliphatic heterocycles. The molecule has 1 heterocycles. The highest BCUT2D eigenvalue weighted by atomic mass is 14.7. The van der Waals surface area contributed by atoms with E-state index < -0.39 is 0 Å². The normalized spacial score (nSPS) is 17.3. The van der Waals surface area contributed by atoms with Gasteiger partial charge in [0.15, 0.2) is 0 Å². The van der Waals surface area contributed by atoms with Gasteiger partial charge in [-0.2, -0.15) is 0 Å². The van der Waals surface area contributed by atoms with Crippen molar-refractivity contribution >= 4 is 5.69 Å². The molecular weight excluding hydrogens is 148 g/mol. The number of nitrogen functional groups attached to an aromatic ring is 1. The van der Waals surface area contributed by atoms with Crippen LogP contribution in [0.25, 0.3) is 0 Å². The first-order valence-corrected chi connectivity index (χ1v) is 4.54. The second-order valence-corrected chi connectivity index (χ2v) is 3.58. The Hall–Kier alpha value is -1.05. The fourth-order valence-electron chi connectivity index (χ4n) is 1.62. The largest absolute Gasteiger partial charge is 0.398 e. The van der Waals surface area contributed by atoms with E-state index in [2.05, 4.69) is 4.98 Å². The smallest absolute Gasteiger partial charge is 0.0377 e. The van der Waals surface area contributed by atoms with Crippen molar-refractivity contribution in [2.24, 2.45) is 5.92 Å². The first-order valence-electron chi connectivity index (χ1n) is 4.54. The van der Waals surface area contributed by atoms with E-state index >= 15 is 0 Å². The minimum atomic E-state index is 0.872. The SMILES string of the molecule is Nc1ccncc1CC1CCC1. The zero-order chi connectivity index (χ0) is 8.39. The van der Waals surface area contributed by atoms with Crippen LogP contribution in [0.4, 0.5) is 5.69 Å². The molecule has 0 unspecified atom stereocenters. The van der Waals surface area contributed by atoms with Gasteiger partial charge in [0.1, 0.15) is 0 Å². The molecular formula is C10H14N2. The number of hydrogen-bond acceptors (Lipinski definition) is 2. The van der Waals surface area contributed by atoms with E-state index in [9.17, 15) is 0 Å². The van der Waals surface area contributed by atoms with Crippen LogP contribution in [0.1, 0.15) is 24.8 Å². The minimum absolute atomic E-state index is 0.872. The molecule has 2 rings (SSSR count). The lowest BCUT2D eigenvalue weighted by atomic mass is 9.81. The Balaban J connectivity index is 2.06. The topological polar surface area (TPSA) is 38.9 Å². The maximum atomic E-state index is 5.81. The van der Waals surface area contributed by atoms with E-state index in [-0.39, 0.29) is 0 Å². The van der Waals surface area contributed by atoms with Crippen molar-refractivity contribution in [2.75, 3.05) is 5.73 Å². The maximum Gasteiger partial charge on any atom is 0.0377 e. The van der Waals surface area contributed by atoms with Gasteiger partial charge in [-0.05, 0) is 24.0 Å².